The lowest BCUT2D eigenvalue weighted by atomic mass is 9.94. The van der Waals surface area contributed by atoms with Crippen molar-refractivity contribution in [2.24, 2.45) is 0 Å². The second kappa shape index (κ2) is 7.87. The van der Waals surface area contributed by atoms with E-state index in [1.807, 2.05) is 37.3 Å². The summed E-state index contributed by atoms with van der Waals surface area (Å²) >= 11 is 0. The van der Waals surface area contributed by atoms with E-state index in [1.165, 1.54) is 4.90 Å². The van der Waals surface area contributed by atoms with Gasteiger partial charge in [-0.25, -0.2) is 0 Å². The molecule has 1 amide bonds. The first-order valence-electron chi connectivity index (χ1n) is 9.58. The Hall–Kier alpha value is -3.86. The van der Waals surface area contributed by atoms with Crippen LogP contribution in [0.3, 0.4) is 0 Å². The van der Waals surface area contributed by atoms with Crippen molar-refractivity contribution in [2.75, 3.05) is 12.0 Å². The molecule has 0 radical (unpaired) electrons. The zero-order valence-corrected chi connectivity index (χ0v) is 16.7. The fourth-order valence-electron chi connectivity index (χ4n) is 3.67. The third kappa shape index (κ3) is 3.35. The topological polar surface area (TPSA) is 66.8 Å². The molecule has 5 nitrogen and oxygen atoms in total. The van der Waals surface area contributed by atoms with Crippen LogP contribution in [0, 0.1) is 6.92 Å². The number of aryl methyl sites for hydroxylation is 1. The number of methoxy groups -OCH3 is 1. The van der Waals surface area contributed by atoms with Crippen molar-refractivity contribution in [1.29, 1.82) is 0 Å². The van der Waals surface area contributed by atoms with Gasteiger partial charge in [-0.3, -0.25) is 14.5 Å². The number of hydrogen-bond donors (Lipinski definition) is 1. The van der Waals surface area contributed by atoms with Gasteiger partial charge in [0.1, 0.15) is 11.5 Å². The first-order valence-corrected chi connectivity index (χ1v) is 9.58. The summed E-state index contributed by atoms with van der Waals surface area (Å²) in [5.74, 6) is -1.03. The number of aliphatic hydroxyl groups excluding tert-OH is 1. The summed E-state index contributed by atoms with van der Waals surface area (Å²) in [5.41, 5.74) is 2.87. The number of anilines is 1. The number of carbonyl (C=O) groups excluding carboxylic acids is 2. The van der Waals surface area contributed by atoms with E-state index in [-0.39, 0.29) is 11.3 Å². The summed E-state index contributed by atoms with van der Waals surface area (Å²) in [5, 5.41) is 11.0. The van der Waals surface area contributed by atoms with Gasteiger partial charge in [0.15, 0.2) is 0 Å². The molecule has 1 aliphatic heterocycles. The molecular formula is C25H21NO4. The average molecular weight is 399 g/mol. The van der Waals surface area contributed by atoms with Gasteiger partial charge in [-0.15, -0.1) is 0 Å². The van der Waals surface area contributed by atoms with Crippen molar-refractivity contribution in [3.05, 3.63) is 101 Å². The van der Waals surface area contributed by atoms with Gasteiger partial charge in [-0.2, -0.15) is 0 Å². The molecular weight excluding hydrogens is 378 g/mol. The third-order valence-corrected chi connectivity index (χ3v) is 5.22. The van der Waals surface area contributed by atoms with E-state index in [0.717, 1.165) is 11.1 Å². The number of ketones is 1. The van der Waals surface area contributed by atoms with Crippen LogP contribution in [0.5, 0.6) is 5.75 Å². The number of amides is 1. The number of rotatable bonds is 4. The number of ether oxygens (including phenoxy) is 1. The van der Waals surface area contributed by atoms with Crippen LogP contribution in [0.1, 0.15) is 22.7 Å². The molecule has 0 bridgehead atoms. The number of Topliss-reactive ketones (excluding diaryl/α,β-unsaturated/α-hetero) is 1. The van der Waals surface area contributed by atoms with Crippen molar-refractivity contribution in [3.8, 4) is 5.75 Å². The molecule has 4 rings (SSSR count). The second-order valence-corrected chi connectivity index (χ2v) is 7.15. The highest BCUT2D eigenvalue weighted by Crippen LogP contribution is 2.42. The molecule has 1 unspecified atom stereocenters. The van der Waals surface area contributed by atoms with E-state index in [9.17, 15) is 14.7 Å². The minimum absolute atomic E-state index is 0.0675. The van der Waals surface area contributed by atoms with Gasteiger partial charge in [0, 0.05) is 17.3 Å². The van der Waals surface area contributed by atoms with Gasteiger partial charge in [0.25, 0.3) is 11.7 Å². The maximum absolute atomic E-state index is 13.1. The van der Waals surface area contributed by atoms with Crippen LogP contribution in [-0.4, -0.2) is 23.9 Å². The van der Waals surface area contributed by atoms with Crippen LogP contribution < -0.4 is 9.64 Å². The SMILES string of the molecule is COc1cccc(N2C(=O)C(=O)/C(=C(/O)c3ccccc3)C2c2ccc(C)cc2)c1. The number of carbonyl (C=O) groups is 2. The summed E-state index contributed by atoms with van der Waals surface area (Å²) in [4.78, 5) is 27.6. The molecule has 0 aromatic heterocycles. The molecule has 5 heteroatoms. The minimum Gasteiger partial charge on any atom is -0.507 e. The Morgan fingerprint density at radius 1 is 0.933 bits per heavy atom. The summed E-state index contributed by atoms with van der Waals surface area (Å²) in [6, 6.07) is 22.6. The molecule has 3 aromatic carbocycles. The van der Waals surface area contributed by atoms with Gasteiger partial charge in [0.2, 0.25) is 0 Å². The van der Waals surface area contributed by atoms with E-state index in [1.54, 1.807) is 55.6 Å². The first-order chi connectivity index (χ1) is 14.5. The highest BCUT2D eigenvalue weighted by Gasteiger charge is 2.47. The normalized spacial score (nSPS) is 17.9. The van der Waals surface area contributed by atoms with Gasteiger partial charge < -0.3 is 9.84 Å². The average Bonchev–Trinajstić information content (AvgIpc) is 3.05. The van der Waals surface area contributed by atoms with Crippen molar-refractivity contribution < 1.29 is 19.4 Å². The maximum atomic E-state index is 13.1. The van der Waals surface area contributed by atoms with Gasteiger partial charge in [0.05, 0.1) is 18.7 Å². The largest absolute Gasteiger partial charge is 0.507 e. The fraction of sp³-hybridized carbons (Fsp3) is 0.120. The molecule has 1 N–H and O–H groups in total. The Morgan fingerprint density at radius 2 is 1.63 bits per heavy atom. The third-order valence-electron chi connectivity index (χ3n) is 5.22. The van der Waals surface area contributed by atoms with E-state index < -0.39 is 17.7 Å². The lowest BCUT2D eigenvalue weighted by Gasteiger charge is -2.25. The number of nitrogens with zero attached hydrogens (tertiary/aromatic N) is 1. The number of hydrogen-bond acceptors (Lipinski definition) is 4. The predicted octanol–water partition coefficient (Wildman–Crippen LogP) is 4.63. The van der Waals surface area contributed by atoms with Gasteiger partial charge in [-0.1, -0.05) is 66.2 Å². The van der Waals surface area contributed by atoms with Crippen LogP contribution in [0.25, 0.3) is 5.76 Å². The monoisotopic (exact) mass is 399 g/mol. The molecule has 0 saturated carbocycles. The lowest BCUT2D eigenvalue weighted by molar-refractivity contribution is -0.132. The van der Waals surface area contributed by atoms with E-state index >= 15 is 0 Å². The zero-order valence-electron chi connectivity index (χ0n) is 16.7. The van der Waals surface area contributed by atoms with Crippen molar-refractivity contribution >= 4 is 23.1 Å². The molecule has 30 heavy (non-hydrogen) atoms. The van der Waals surface area contributed by atoms with Crippen LogP contribution in [-0.2, 0) is 9.59 Å². The standard InChI is InChI=1S/C25H21NO4/c1-16-11-13-17(14-12-16)22-21(23(27)18-7-4-3-5-8-18)24(28)25(29)26(22)19-9-6-10-20(15-19)30-2/h3-15,22,27H,1-2H3/b23-21+. The molecule has 150 valence electrons. The van der Waals surface area contributed by atoms with Crippen LogP contribution >= 0.6 is 0 Å². The first kappa shape index (κ1) is 19.5. The van der Waals surface area contributed by atoms with Crippen molar-refractivity contribution in [2.45, 2.75) is 13.0 Å². The van der Waals surface area contributed by atoms with Crippen molar-refractivity contribution in [1.82, 2.24) is 0 Å². The molecule has 1 aliphatic rings. The maximum Gasteiger partial charge on any atom is 0.300 e. The Labute approximate surface area is 174 Å². The fourth-order valence-corrected chi connectivity index (χ4v) is 3.67. The van der Waals surface area contributed by atoms with Crippen LogP contribution in [0.2, 0.25) is 0 Å². The summed E-state index contributed by atoms with van der Waals surface area (Å²) in [6.07, 6.45) is 0. The van der Waals surface area contributed by atoms with Gasteiger partial charge >= 0.3 is 0 Å². The van der Waals surface area contributed by atoms with Crippen molar-refractivity contribution in [3.63, 3.8) is 0 Å². The highest BCUT2D eigenvalue weighted by atomic mass is 16.5. The number of benzene rings is 3. The molecule has 1 heterocycles. The number of aliphatic hydroxyl groups is 1. The van der Waals surface area contributed by atoms with Crippen LogP contribution in [0.4, 0.5) is 5.69 Å². The Balaban J connectivity index is 1.94. The predicted molar refractivity (Wildman–Crippen MR) is 115 cm³/mol. The quantitative estimate of drug-likeness (QED) is 0.395. The Kier molecular flexibility index (Phi) is 5.11. The molecule has 3 aromatic rings. The molecule has 0 aliphatic carbocycles. The van der Waals surface area contributed by atoms with E-state index in [4.69, 9.17) is 4.74 Å². The van der Waals surface area contributed by atoms with Gasteiger partial charge in [-0.05, 0) is 24.6 Å². The molecule has 1 atom stereocenters. The van der Waals surface area contributed by atoms with Crippen LogP contribution in [0.15, 0.2) is 84.4 Å². The Bertz CT molecular complexity index is 1130. The summed E-state index contributed by atoms with van der Waals surface area (Å²) < 4.78 is 5.29. The highest BCUT2D eigenvalue weighted by molar-refractivity contribution is 6.51. The minimum atomic E-state index is -0.752. The Morgan fingerprint density at radius 3 is 2.30 bits per heavy atom. The smallest absolute Gasteiger partial charge is 0.300 e. The van der Waals surface area contributed by atoms with E-state index in [2.05, 4.69) is 0 Å². The molecule has 0 spiro atoms. The second-order valence-electron chi connectivity index (χ2n) is 7.15. The van der Waals surface area contributed by atoms with E-state index in [0.29, 0.717) is 17.0 Å². The molecule has 1 fully saturated rings. The molecule has 1 saturated heterocycles. The summed E-state index contributed by atoms with van der Waals surface area (Å²) in [7, 11) is 1.54. The summed E-state index contributed by atoms with van der Waals surface area (Å²) in [6.45, 7) is 1.97. The lowest BCUT2D eigenvalue weighted by Crippen LogP contribution is -2.29. The zero-order chi connectivity index (χ0) is 21.3.